The van der Waals surface area contributed by atoms with Crippen LogP contribution in [-0.2, 0) is 6.42 Å². The van der Waals surface area contributed by atoms with E-state index in [2.05, 4.69) is 27.4 Å². The maximum atomic E-state index is 13.2. The van der Waals surface area contributed by atoms with Crippen molar-refractivity contribution >= 4 is 23.0 Å². The van der Waals surface area contributed by atoms with E-state index in [9.17, 15) is 4.79 Å². The molecule has 6 heteroatoms. The highest BCUT2D eigenvalue weighted by molar-refractivity contribution is 6.08. The number of aromatic nitrogens is 1. The number of rotatable bonds is 8. The van der Waals surface area contributed by atoms with Gasteiger partial charge in [-0.15, -0.1) is 0 Å². The maximum Gasteiger partial charge on any atom is 0.257 e. The Hall–Kier alpha value is -3.54. The molecule has 0 radical (unpaired) electrons. The summed E-state index contributed by atoms with van der Waals surface area (Å²) in [6.07, 6.45) is 4.93. The van der Waals surface area contributed by atoms with Gasteiger partial charge in [0.1, 0.15) is 5.75 Å². The topological polar surface area (TPSA) is 66.5 Å². The van der Waals surface area contributed by atoms with Gasteiger partial charge in [0.15, 0.2) is 0 Å². The Morgan fingerprint density at radius 1 is 1.06 bits per heavy atom. The third-order valence-corrected chi connectivity index (χ3v) is 6.15. The average molecular weight is 445 g/mol. The summed E-state index contributed by atoms with van der Waals surface area (Å²) in [6.45, 7) is 4.99. The molecule has 0 aliphatic carbocycles. The smallest absolute Gasteiger partial charge is 0.257 e. The SMILES string of the molecule is COc1ccc(C(=O)Nc2ccc(NCCc3ccccn3)cc2)c(N2CCC(C)CC2)c1. The van der Waals surface area contributed by atoms with Crippen molar-refractivity contribution in [3.8, 4) is 5.75 Å². The van der Waals surface area contributed by atoms with Crippen LogP contribution in [0.15, 0.2) is 66.9 Å². The van der Waals surface area contributed by atoms with Crippen LogP contribution in [0.5, 0.6) is 5.75 Å². The number of hydrogen-bond donors (Lipinski definition) is 2. The molecule has 0 saturated carbocycles. The Kier molecular flexibility index (Phi) is 7.45. The van der Waals surface area contributed by atoms with Gasteiger partial charge < -0.3 is 20.3 Å². The van der Waals surface area contributed by atoms with Crippen LogP contribution in [0.3, 0.4) is 0 Å². The molecular formula is C27H32N4O2. The summed E-state index contributed by atoms with van der Waals surface area (Å²) < 4.78 is 5.42. The number of nitrogens with one attached hydrogen (secondary N) is 2. The minimum absolute atomic E-state index is 0.109. The molecule has 0 atom stereocenters. The number of hydrogen-bond acceptors (Lipinski definition) is 5. The van der Waals surface area contributed by atoms with Gasteiger partial charge in [0, 0.05) is 55.4 Å². The predicted octanol–water partition coefficient (Wildman–Crippen LogP) is 5.23. The van der Waals surface area contributed by atoms with Crippen LogP contribution < -0.4 is 20.3 Å². The van der Waals surface area contributed by atoms with Crippen LogP contribution in [0.25, 0.3) is 0 Å². The number of anilines is 3. The highest BCUT2D eigenvalue weighted by Crippen LogP contribution is 2.30. The van der Waals surface area contributed by atoms with Crippen molar-refractivity contribution in [2.75, 3.05) is 42.3 Å². The highest BCUT2D eigenvalue weighted by atomic mass is 16.5. The van der Waals surface area contributed by atoms with E-state index in [-0.39, 0.29) is 5.91 Å². The number of pyridine rings is 1. The monoisotopic (exact) mass is 444 g/mol. The molecule has 2 N–H and O–H groups in total. The third-order valence-electron chi connectivity index (χ3n) is 6.15. The lowest BCUT2D eigenvalue weighted by atomic mass is 9.98. The van der Waals surface area contributed by atoms with Gasteiger partial charge in [0.25, 0.3) is 5.91 Å². The number of amides is 1. The molecule has 4 rings (SSSR count). The Morgan fingerprint density at radius 2 is 1.82 bits per heavy atom. The van der Waals surface area contributed by atoms with Gasteiger partial charge in [-0.1, -0.05) is 13.0 Å². The van der Waals surface area contributed by atoms with Crippen molar-refractivity contribution < 1.29 is 9.53 Å². The molecule has 0 spiro atoms. The molecule has 1 saturated heterocycles. The van der Waals surface area contributed by atoms with E-state index in [1.165, 1.54) is 0 Å². The van der Waals surface area contributed by atoms with Crippen molar-refractivity contribution in [1.29, 1.82) is 0 Å². The van der Waals surface area contributed by atoms with E-state index >= 15 is 0 Å². The largest absolute Gasteiger partial charge is 0.497 e. The van der Waals surface area contributed by atoms with Crippen LogP contribution in [0, 0.1) is 5.92 Å². The molecule has 1 amide bonds. The zero-order valence-electron chi connectivity index (χ0n) is 19.4. The van der Waals surface area contributed by atoms with E-state index in [4.69, 9.17) is 4.74 Å². The first-order valence-corrected chi connectivity index (χ1v) is 11.6. The maximum absolute atomic E-state index is 13.2. The molecule has 0 bridgehead atoms. The minimum atomic E-state index is -0.109. The fraction of sp³-hybridized carbons (Fsp3) is 0.333. The van der Waals surface area contributed by atoms with E-state index < -0.39 is 0 Å². The number of benzene rings is 2. The first-order valence-electron chi connectivity index (χ1n) is 11.6. The summed E-state index contributed by atoms with van der Waals surface area (Å²) in [5, 5.41) is 6.45. The van der Waals surface area contributed by atoms with E-state index in [1.807, 2.05) is 66.9 Å². The number of ether oxygens (including phenoxy) is 1. The molecule has 0 unspecified atom stereocenters. The Balaban J connectivity index is 1.39. The predicted molar refractivity (Wildman–Crippen MR) is 134 cm³/mol. The molecular weight excluding hydrogens is 412 g/mol. The van der Waals surface area contributed by atoms with Gasteiger partial charge in [-0.3, -0.25) is 9.78 Å². The standard InChI is InChI=1S/C27H32N4O2/c1-20-13-17-31(18-14-20)26-19-24(33-2)10-11-25(26)27(32)30-23-8-6-22(7-9-23)29-16-12-21-5-3-4-15-28-21/h3-11,15,19-20,29H,12-14,16-18H2,1-2H3,(H,30,32). The summed E-state index contributed by atoms with van der Waals surface area (Å²) in [5.74, 6) is 1.38. The number of nitrogens with zero attached hydrogens (tertiary/aromatic N) is 2. The lowest BCUT2D eigenvalue weighted by Crippen LogP contribution is -2.34. The van der Waals surface area contributed by atoms with Crippen molar-refractivity contribution in [2.24, 2.45) is 5.92 Å². The highest BCUT2D eigenvalue weighted by Gasteiger charge is 2.22. The molecule has 1 fully saturated rings. The Labute approximate surface area is 196 Å². The van der Waals surface area contributed by atoms with Gasteiger partial charge in [-0.25, -0.2) is 0 Å². The third kappa shape index (κ3) is 6.04. The van der Waals surface area contributed by atoms with Crippen molar-refractivity contribution in [3.05, 3.63) is 78.1 Å². The normalized spacial score (nSPS) is 14.1. The Morgan fingerprint density at radius 3 is 2.52 bits per heavy atom. The number of methoxy groups -OCH3 is 1. The van der Waals surface area contributed by atoms with E-state index in [0.29, 0.717) is 5.56 Å². The van der Waals surface area contributed by atoms with Gasteiger partial charge >= 0.3 is 0 Å². The number of carbonyl (C=O) groups is 1. The van der Waals surface area contributed by atoms with Gasteiger partial charge in [-0.2, -0.15) is 0 Å². The van der Waals surface area contributed by atoms with Crippen LogP contribution in [0.4, 0.5) is 17.1 Å². The molecule has 2 heterocycles. The molecule has 2 aromatic carbocycles. The molecule has 172 valence electrons. The number of piperidine rings is 1. The number of carbonyl (C=O) groups excluding carboxylic acids is 1. The van der Waals surface area contributed by atoms with Crippen molar-refractivity contribution in [1.82, 2.24) is 4.98 Å². The fourth-order valence-electron chi connectivity index (χ4n) is 4.09. The summed E-state index contributed by atoms with van der Waals surface area (Å²) in [6, 6.07) is 19.4. The zero-order valence-corrected chi connectivity index (χ0v) is 19.4. The fourth-order valence-corrected chi connectivity index (χ4v) is 4.09. The molecule has 3 aromatic rings. The summed E-state index contributed by atoms with van der Waals surface area (Å²) in [7, 11) is 1.66. The lowest BCUT2D eigenvalue weighted by molar-refractivity contribution is 0.102. The molecule has 33 heavy (non-hydrogen) atoms. The van der Waals surface area contributed by atoms with Crippen molar-refractivity contribution in [3.63, 3.8) is 0 Å². The second kappa shape index (κ2) is 10.9. The van der Waals surface area contributed by atoms with Crippen LogP contribution >= 0.6 is 0 Å². The minimum Gasteiger partial charge on any atom is -0.497 e. The summed E-state index contributed by atoms with van der Waals surface area (Å²) >= 11 is 0. The van der Waals surface area contributed by atoms with Crippen LogP contribution in [0.2, 0.25) is 0 Å². The second-order valence-corrected chi connectivity index (χ2v) is 8.58. The van der Waals surface area contributed by atoms with Gasteiger partial charge in [-0.05, 0) is 67.3 Å². The zero-order chi connectivity index (χ0) is 23.0. The Bertz CT molecular complexity index is 1050. The molecule has 1 aliphatic rings. The summed E-state index contributed by atoms with van der Waals surface area (Å²) in [4.78, 5) is 19.8. The molecule has 1 aromatic heterocycles. The van der Waals surface area contributed by atoms with Gasteiger partial charge in [0.2, 0.25) is 0 Å². The van der Waals surface area contributed by atoms with E-state index in [1.54, 1.807) is 7.11 Å². The first kappa shape index (κ1) is 22.6. The van der Waals surface area contributed by atoms with Crippen LogP contribution in [-0.4, -0.2) is 37.6 Å². The quantitative estimate of drug-likeness (QED) is 0.498. The van der Waals surface area contributed by atoms with Crippen molar-refractivity contribution in [2.45, 2.75) is 26.2 Å². The molecule has 6 nitrogen and oxygen atoms in total. The lowest BCUT2D eigenvalue weighted by Gasteiger charge is -2.33. The average Bonchev–Trinajstić information content (AvgIpc) is 2.86. The second-order valence-electron chi connectivity index (χ2n) is 8.58. The van der Waals surface area contributed by atoms with Crippen LogP contribution in [0.1, 0.15) is 35.8 Å². The first-order chi connectivity index (χ1) is 16.1. The molecule has 1 aliphatic heterocycles. The van der Waals surface area contributed by atoms with Gasteiger partial charge in [0.05, 0.1) is 18.4 Å². The summed E-state index contributed by atoms with van der Waals surface area (Å²) in [5.41, 5.74) is 4.45. The van der Waals surface area contributed by atoms with E-state index in [0.717, 1.165) is 73.3 Å².